The van der Waals surface area contributed by atoms with Gasteiger partial charge in [0.05, 0.1) is 18.3 Å². The number of amides is 1. The van der Waals surface area contributed by atoms with Crippen LogP contribution >= 0.6 is 12.6 Å². The molecule has 0 spiro atoms. The van der Waals surface area contributed by atoms with Gasteiger partial charge >= 0.3 is 6.09 Å². The maximum Gasteiger partial charge on any atom is 0.429 e. The Morgan fingerprint density at radius 2 is 2.40 bits per heavy atom. The minimum atomic E-state index is -0.508. The van der Waals surface area contributed by atoms with Crippen LogP contribution in [0.3, 0.4) is 0 Å². The van der Waals surface area contributed by atoms with E-state index in [9.17, 15) is 4.79 Å². The molecule has 0 aromatic heterocycles. The summed E-state index contributed by atoms with van der Waals surface area (Å²) in [6.45, 7) is 1.86. The summed E-state index contributed by atoms with van der Waals surface area (Å²) in [7, 11) is 1.31. The van der Waals surface area contributed by atoms with Gasteiger partial charge in [0.2, 0.25) is 0 Å². The summed E-state index contributed by atoms with van der Waals surface area (Å²) in [6.07, 6.45) is 2.82. The van der Waals surface area contributed by atoms with E-state index in [2.05, 4.69) is 27.9 Å². The highest BCUT2D eigenvalue weighted by atomic mass is 32.1. The van der Waals surface area contributed by atoms with Crippen LogP contribution in [-0.2, 0) is 4.74 Å². The van der Waals surface area contributed by atoms with E-state index in [-0.39, 0.29) is 0 Å². The highest BCUT2D eigenvalue weighted by molar-refractivity contribution is 7.84. The summed E-state index contributed by atoms with van der Waals surface area (Å²) < 4.78 is 4.56. The van der Waals surface area contributed by atoms with Crippen molar-refractivity contribution < 1.29 is 9.53 Å². The summed E-state index contributed by atoms with van der Waals surface area (Å²) in [5.41, 5.74) is 3.59. The Bertz CT molecular complexity index is 401. The van der Waals surface area contributed by atoms with E-state index in [4.69, 9.17) is 0 Å². The molecule has 2 aliphatic rings. The second kappa shape index (κ2) is 3.59. The molecule has 0 saturated heterocycles. The number of fused-ring (bicyclic) bond motifs is 1. The van der Waals surface area contributed by atoms with Gasteiger partial charge in [0.15, 0.2) is 5.82 Å². The average molecular weight is 226 g/mol. The highest BCUT2D eigenvalue weighted by Gasteiger charge is 2.28. The predicted molar refractivity (Wildman–Crippen MR) is 57.5 cm³/mol. The number of thiol groups is 1. The Balaban J connectivity index is 2.26. The topological polar surface area (TPSA) is 57.2 Å². The molecule has 80 valence electrons. The number of nitrogens with one attached hydrogen (secondary N) is 1. The van der Waals surface area contributed by atoms with E-state index in [0.29, 0.717) is 10.9 Å². The quantitative estimate of drug-likeness (QED) is 0.601. The van der Waals surface area contributed by atoms with Crippen LogP contribution in [0.1, 0.15) is 6.92 Å². The molecule has 0 bridgehead atoms. The molecule has 6 nitrogen and oxygen atoms in total. The fraction of sp³-hybridized carbons (Fsp3) is 0.250. The molecular formula is C8H10N4O2S. The molecule has 7 heteroatoms. The van der Waals surface area contributed by atoms with Crippen molar-refractivity contribution in [2.45, 2.75) is 6.92 Å². The molecule has 0 saturated carbocycles. The third-order valence-corrected chi connectivity index (χ3v) is 2.24. The molecule has 0 aromatic carbocycles. The lowest BCUT2D eigenvalue weighted by Gasteiger charge is -2.23. The number of methoxy groups -OCH3 is 1. The van der Waals surface area contributed by atoms with Gasteiger partial charge < -0.3 is 4.74 Å². The maximum atomic E-state index is 11.2. The Labute approximate surface area is 92.2 Å². The number of hydrogen-bond donors (Lipinski definition) is 2. The van der Waals surface area contributed by atoms with Crippen molar-refractivity contribution in [3.8, 4) is 0 Å². The Kier molecular flexibility index (Phi) is 2.41. The third kappa shape index (κ3) is 1.71. The second-order valence-electron chi connectivity index (χ2n) is 3.02. The lowest BCUT2D eigenvalue weighted by molar-refractivity contribution is 0.102. The lowest BCUT2D eigenvalue weighted by atomic mass is 10.3. The molecular weight excluding hydrogens is 216 g/mol. The predicted octanol–water partition coefficient (Wildman–Crippen LogP) is 0.835. The van der Waals surface area contributed by atoms with E-state index in [1.54, 1.807) is 17.3 Å². The molecule has 0 radical (unpaired) electrons. The normalized spacial score (nSPS) is 19.3. The number of nitrogens with zero attached hydrogens (tertiary/aromatic N) is 3. The highest BCUT2D eigenvalue weighted by Crippen LogP contribution is 2.24. The van der Waals surface area contributed by atoms with Crippen molar-refractivity contribution in [3.63, 3.8) is 0 Å². The number of aliphatic imine (C=N–C) groups is 1. The van der Waals surface area contributed by atoms with Crippen molar-refractivity contribution in [2.75, 3.05) is 7.11 Å². The molecule has 2 heterocycles. The van der Waals surface area contributed by atoms with Gasteiger partial charge in [-0.3, -0.25) is 0 Å². The second-order valence-corrected chi connectivity index (χ2v) is 3.48. The van der Waals surface area contributed by atoms with Crippen LogP contribution in [0, 0.1) is 0 Å². The van der Waals surface area contributed by atoms with Crippen molar-refractivity contribution in [1.82, 2.24) is 15.6 Å². The van der Waals surface area contributed by atoms with Gasteiger partial charge in [-0.05, 0) is 13.0 Å². The van der Waals surface area contributed by atoms with Crippen LogP contribution in [0.4, 0.5) is 4.79 Å². The van der Waals surface area contributed by atoms with E-state index < -0.39 is 6.09 Å². The van der Waals surface area contributed by atoms with Gasteiger partial charge in [-0.1, -0.05) is 0 Å². The number of allylic oxidation sites excluding steroid dienone is 1. The largest absolute Gasteiger partial charge is 0.452 e. The first-order valence-corrected chi connectivity index (χ1v) is 4.68. The number of hydrazine groups is 2. The Hall–Kier alpha value is -1.47. The van der Waals surface area contributed by atoms with Crippen LogP contribution in [0.5, 0.6) is 0 Å². The smallest absolute Gasteiger partial charge is 0.429 e. The van der Waals surface area contributed by atoms with Crippen LogP contribution in [0.15, 0.2) is 28.1 Å². The summed E-state index contributed by atoms with van der Waals surface area (Å²) in [6, 6.07) is 0. The van der Waals surface area contributed by atoms with Gasteiger partial charge in [0, 0.05) is 5.71 Å². The van der Waals surface area contributed by atoms with Crippen molar-refractivity contribution in [3.05, 3.63) is 23.1 Å². The maximum absolute atomic E-state index is 11.2. The van der Waals surface area contributed by atoms with Gasteiger partial charge in [-0.25, -0.2) is 14.8 Å². The van der Waals surface area contributed by atoms with E-state index >= 15 is 0 Å². The van der Waals surface area contributed by atoms with Crippen LogP contribution in [-0.4, -0.2) is 28.9 Å². The van der Waals surface area contributed by atoms with Gasteiger partial charge in [-0.15, -0.1) is 18.2 Å². The first-order valence-electron chi connectivity index (χ1n) is 4.23. The zero-order chi connectivity index (χ0) is 11.0. The zero-order valence-corrected chi connectivity index (χ0v) is 9.15. The standard InChI is InChI=1S/C8H10N4O2S/c1-5-3-7(15)12-6(9-5)4-11(10-12)8(13)14-2/h3-4,10,15H,1-2H3. The summed E-state index contributed by atoms with van der Waals surface area (Å²) >= 11 is 4.26. The van der Waals surface area contributed by atoms with E-state index in [0.717, 1.165) is 5.71 Å². The Morgan fingerprint density at radius 3 is 3.07 bits per heavy atom. The fourth-order valence-electron chi connectivity index (χ4n) is 1.26. The van der Waals surface area contributed by atoms with E-state index in [1.807, 2.05) is 6.92 Å². The first kappa shape index (κ1) is 10.1. The molecule has 1 amide bonds. The Morgan fingerprint density at radius 1 is 1.67 bits per heavy atom. The molecule has 1 N–H and O–H groups in total. The number of carbonyl (C=O) groups excluding carboxylic acids is 1. The molecule has 0 fully saturated rings. The SMILES string of the molecule is COC(=O)N1C=C2N=C(C)C=C(S)N2N1. The minimum absolute atomic E-state index is 0.508. The molecule has 0 atom stereocenters. The zero-order valence-electron chi connectivity index (χ0n) is 8.26. The van der Waals surface area contributed by atoms with Crippen molar-refractivity contribution in [1.29, 1.82) is 0 Å². The molecule has 2 rings (SSSR count). The van der Waals surface area contributed by atoms with Crippen LogP contribution in [0.2, 0.25) is 0 Å². The van der Waals surface area contributed by atoms with Gasteiger partial charge in [0.1, 0.15) is 0 Å². The van der Waals surface area contributed by atoms with E-state index in [1.165, 1.54) is 12.1 Å². The molecule has 0 aliphatic carbocycles. The monoisotopic (exact) mass is 226 g/mol. The number of hydrogen-bond acceptors (Lipinski definition) is 6. The minimum Gasteiger partial charge on any atom is -0.452 e. The molecule has 0 aromatic rings. The molecule has 0 unspecified atom stereocenters. The van der Waals surface area contributed by atoms with Crippen LogP contribution < -0.4 is 5.53 Å². The first-order chi connectivity index (χ1) is 7.11. The van der Waals surface area contributed by atoms with Gasteiger partial charge in [-0.2, -0.15) is 5.01 Å². The fourth-order valence-corrected chi connectivity index (χ4v) is 1.60. The average Bonchev–Trinajstić information content (AvgIpc) is 2.60. The summed E-state index contributed by atoms with van der Waals surface area (Å²) in [4.78, 5) is 15.5. The number of rotatable bonds is 0. The third-order valence-electron chi connectivity index (χ3n) is 1.91. The van der Waals surface area contributed by atoms with Crippen molar-refractivity contribution in [2.24, 2.45) is 4.99 Å². The number of ether oxygens (including phenoxy) is 1. The summed E-state index contributed by atoms with van der Waals surface area (Å²) in [5.74, 6) is 0.602. The molecule has 15 heavy (non-hydrogen) atoms. The van der Waals surface area contributed by atoms with Crippen LogP contribution in [0.25, 0.3) is 0 Å². The summed E-state index contributed by atoms with van der Waals surface area (Å²) in [5, 5.41) is 3.44. The lowest BCUT2D eigenvalue weighted by Crippen LogP contribution is -2.42. The molecule has 2 aliphatic heterocycles. The van der Waals surface area contributed by atoms with Crippen molar-refractivity contribution >= 4 is 24.4 Å². The number of carbonyl (C=O) groups is 1. The van der Waals surface area contributed by atoms with Gasteiger partial charge in [0.25, 0.3) is 0 Å².